The van der Waals surface area contributed by atoms with E-state index in [4.69, 9.17) is 16.3 Å². The highest BCUT2D eigenvalue weighted by Crippen LogP contribution is 2.31. The standard InChI is InChI=1S/C25H27ClN6O3S/c1-25(2,3)35-24(34)32-10-9-16(13-32)27-21(33)14-5-8-19-18(11-14)28-22(31(19)4)30-23-29-17-7-6-15(26)12-20(17)36-23/h5-8,11-12,16H,9-10,13H2,1-4H3,(H,27,33)(H,28,29,30)/t16-/m0/s1. The van der Waals surface area contributed by atoms with Crippen molar-refractivity contribution >= 4 is 67.3 Å². The molecular weight excluding hydrogens is 500 g/mol. The summed E-state index contributed by atoms with van der Waals surface area (Å²) in [5.41, 5.74) is 2.40. The fourth-order valence-electron chi connectivity index (χ4n) is 4.14. The highest BCUT2D eigenvalue weighted by Gasteiger charge is 2.30. The van der Waals surface area contributed by atoms with Crippen LogP contribution in [0.1, 0.15) is 37.6 Å². The molecule has 0 radical (unpaired) electrons. The minimum absolute atomic E-state index is 0.130. The lowest BCUT2D eigenvalue weighted by molar-refractivity contribution is 0.0290. The lowest BCUT2D eigenvalue weighted by Gasteiger charge is -2.24. The highest BCUT2D eigenvalue weighted by molar-refractivity contribution is 7.22. The fraction of sp³-hybridized carbons (Fsp3) is 0.360. The zero-order valence-electron chi connectivity index (χ0n) is 20.5. The Labute approximate surface area is 217 Å². The molecule has 2 N–H and O–H groups in total. The quantitative estimate of drug-likeness (QED) is 0.373. The second kappa shape index (κ2) is 9.25. The minimum atomic E-state index is -0.551. The Hall–Kier alpha value is -3.37. The third-order valence-corrected chi connectivity index (χ3v) is 7.06. The second-order valence-electron chi connectivity index (χ2n) is 9.84. The van der Waals surface area contributed by atoms with Crippen molar-refractivity contribution in [2.75, 3.05) is 18.4 Å². The summed E-state index contributed by atoms with van der Waals surface area (Å²) in [6, 6.07) is 10.9. The number of carbonyl (C=O) groups excluding carboxylic acids is 2. The number of fused-ring (bicyclic) bond motifs is 2. The van der Waals surface area contributed by atoms with Crippen LogP contribution in [-0.2, 0) is 11.8 Å². The summed E-state index contributed by atoms with van der Waals surface area (Å²) in [7, 11) is 1.91. The molecule has 36 heavy (non-hydrogen) atoms. The van der Waals surface area contributed by atoms with Gasteiger partial charge in [-0.3, -0.25) is 4.79 Å². The molecule has 1 aliphatic rings. The van der Waals surface area contributed by atoms with Crippen molar-refractivity contribution in [2.24, 2.45) is 7.05 Å². The van der Waals surface area contributed by atoms with Gasteiger partial charge in [0.15, 0.2) is 5.13 Å². The van der Waals surface area contributed by atoms with Crippen molar-refractivity contribution in [2.45, 2.75) is 38.8 Å². The minimum Gasteiger partial charge on any atom is -0.444 e. The summed E-state index contributed by atoms with van der Waals surface area (Å²) < 4.78 is 8.34. The fourth-order valence-corrected chi connectivity index (χ4v) is 5.28. The van der Waals surface area contributed by atoms with E-state index in [1.54, 1.807) is 17.0 Å². The van der Waals surface area contributed by atoms with E-state index in [2.05, 4.69) is 20.6 Å². The Balaban J connectivity index is 1.27. The van der Waals surface area contributed by atoms with Gasteiger partial charge in [0.1, 0.15) is 5.60 Å². The predicted octanol–water partition coefficient (Wildman–Crippen LogP) is 5.32. The first-order chi connectivity index (χ1) is 17.1. The van der Waals surface area contributed by atoms with Crippen molar-refractivity contribution < 1.29 is 14.3 Å². The average molecular weight is 527 g/mol. The molecular formula is C25H27ClN6O3S. The number of anilines is 2. The molecule has 0 aliphatic carbocycles. The SMILES string of the molecule is Cn1c(Nc2nc3ccc(Cl)cc3s2)nc2cc(C(=O)N[C@H]3CCN(C(=O)OC(C)(C)C)C3)ccc21. The van der Waals surface area contributed by atoms with Crippen LogP contribution in [0.15, 0.2) is 36.4 Å². The Morgan fingerprint density at radius 3 is 2.72 bits per heavy atom. The molecule has 1 atom stereocenters. The molecule has 0 bridgehead atoms. The molecule has 1 fully saturated rings. The number of amides is 2. The number of carbonyl (C=O) groups is 2. The van der Waals surface area contributed by atoms with Gasteiger partial charge < -0.3 is 24.8 Å². The Bertz CT molecular complexity index is 1470. The molecule has 4 aromatic rings. The molecule has 188 valence electrons. The molecule has 11 heteroatoms. The number of hydrogen-bond donors (Lipinski definition) is 2. The van der Waals surface area contributed by atoms with Crippen LogP contribution in [0.25, 0.3) is 21.3 Å². The molecule has 2 amide bonds. The van der Waals surface area contributed by atoms with E-state index in [-0.39, 0.29) is 18.0 Å². The number of nitrogens with one attached hydrogen (secondary N) is 2. The van der Waals surface area contributed by atoms with Crippen LogP contribution in [0, 0.1) is 0 Å². The normalized spacial score (nSPS) is 16.0. The van der Waals surface area contributed by atoms with Crippen LogP contribution in [0.4, 0.5) is 15.9 Å². The number of hydrogen-bond acceptors (Lipinski definition) is 7. The summed E-state index contributed by atoms with van der Waals surface area (Å²) in [6.07, 6.45) is 0.323. The monoisotopic (exact) mass is 526 g/mol. The molecule has 0 spiro atoms. The van der Waals surface area contributed by atoms with Crippen LogP contribution < -0.4 is 10.6 Å². The molecule has 5 rings (SSSR count). The molecule has 1 saturated heterocycles. The third kappa shape index (κ3) is 5.10. The number of likely N-dealkylation sites (tertiary alicyclic amines) is 1. The number of aryl methyl sites for hydroxylation is 1. The molecule has 1 aliphatic heterocycles. The van der Waals surface area contributed by atoms with Crippen LogP contribution in [0.5, 0.6) is 0 Å². The van der Waals surface area contributed by atoms with Crippen LogP contribution >= 0.6 is 22.9 Å². The van der Waals surface area contributed by atoms with Gasteiger partial charge in [-0.15, -0.1) is 0 Å². The van der Waals surface area contributed by atoms with Gasteiger partial charge in [0.2, 0.25) is 5.95 Å². The van der Waals surface area contributed by atoms with Gasteiger partial charge in [-0.25, -0.2) is 14.8 Å². The Morgan fingerprint density at radius 2 is 1.94 bits per heavy atom. The number of halogens is 1. The molecule has 3 heterocycles. The van der Waals surface area contributed by atoms with Gasteiger partial charge in [0.25, 0.3) is 5.91 Å². The van der Waals surface area contributed by atoms with E-state index in [1.807, 2.05) is 56.7 Å². The average Bonchev–Trinajstić information content (AvgIpc) is 3.50. The van der Waals surface area contributed by atoms with Gasteiger partial charge in [0.05, 0.1) is 21.3 Å². The van der Waals surface area contributed by atoms with Crippen LogP contribution in [-0.4, -0.2) is 56.2 Å². The van der Waals surface area contributed by atoms with E-state index >= 15 is 0 Å². The first-order valence-electron chi connectivity index (χ1n) is 11.6. The maximum absolute atomic E-state index is 12.9. The smallest absolute Gasteiger partial charge is 0.410 e. The summed E-state index contributed by atoms with van der Waals surface area (Å²) in [5, 5.41) is 7.68. The first-order valence-corrected chi connectivity index (χ1v) is 12.8. The zero-order valence-corrected chi connectivity index (χ0v) is 22.0. The molecule has 0 unspecified atom stereocenters. The lowest BCUT2D eigenvalue weighted by Crippen LogP contribution is -2.40. The molecule has 2 aromatic heterocycles. The van der Waals surface area contributed by atoms with E-state index in [0.29, 0.717) is 46.7 Å². The third-order valence-electron chi connectivity index (χ3n) is 5.89. The summed E-state index contributed by atoms with van der Waals surface area (Å²) in [6.45, 7) is 6.48. The summed E-state index contributed by atoms with van der Waals surface area (Å²) >= 11 is 7.59. The van der Waals surface area contributed by atoms with Crippen molar-refractivity contribution in [1.29, 1.82) is 0 Å². The van der Waals surface area contributed by atoms with Gasteiger partial charge in [0, 0.05) is 36.8 Å². The van der Waals surface area contributed by atoms with Gasteiger partial charge in [-0.2, -0.15) is 0 Å². The molecule has 0 saturated carbocycles. The summed E-state index contributed by atoms with van der Waals surface area (Å²) in [4.78, 5) is 36.2. The topological polar surface area (TPSA) is 101 Å². The number of aromatic nitrogens is 3. The van der Waals surface area contributed by atoms with E-state index in [1.165, 1.54) is 11.3 Å². The number of nitrogens with zero attached hydrogens (tertiary/aromatic N) is 4. The Morgan fingerprint density at radius 1 is 1.14 bits per heavy atom. The van der Waals surface area contributed by atoms with Gasteiger partial charge in [-0.1, -0.05) is 22.9 Å². The number of imidazole rings is 1. The zero-order chi connectivity index (χ0) is 25.6. The van der Waals surface area contributed by atoms with Crippen LogP contribution in [0.3, 0.4) is 0 Å². The lowest BCUT2D eigenvalue weighted by atomic mass is 10.1. The van der Waals surface area contributed by atoms with Gasteiger partial charge >= 0.3 is 6.09 Å². The Kier molecular flexibility index (Phi) is 6.25. The number of rotatable bonds is 4. The highest BCUT2D eigenvalue weighted by atomic mass is 35.5. The summed E-state index contributed by atoms with van der Waals surface area (Å²) in [5.74, 6) is 0.424. The number of ether oxygens (including phenoxy) is 1. The van der Waals surface area contributed by atoms with Crippen molar-refractivity contribution in [1.82, 2.24) is 24.8 Å². The maximum atomic E-state index is 12.9. The van der Waals surface area contributed by atoms with Crippen molar-refractivity contribution in [3.05, 3.63) is 47.0 Å². The second-order valence-corrected chi connectivity index (χ2v) is 11.3. The van der Waals surface area contributed by atoms with Gasteiger partial charge in [-0.05, 0) is 63.6 Å². The number of benzene rings is 2. The van der Waals surface area contributed by atoms with E-state index in [9.17, 15) is 9.59 Å². The van der Waals surface area contributed by atoms with E-state index in [0.717, 1.165) is 15.7 Å². The first kappa shape index (κ1) is 24.3. The maximum Gasteiger partial charge on any atom is 0.410 e. The van der Waals surface area contributed by atoms with Crippen molar-refractivity contribution in [3.63, 3.8) is 0 Å². The van der Waals surface area contributed by atoms with E-state index < -0.39 is 5.60 Å². The van der Waals surface area contributed by atoms with Crippen molar-refractivity contribution in [3.8, 4) is 0 Å². The molecule has 9 nitrogen and oxygen atoms in total. The predicted molar refractivity (Wildman–Crippen MR) is 142 cm³/mol. The molecule has 2 aromatic carbocycles. The number of thiazole rings is 1. The largest absolute Gasteiger partial charge is 0.444 e. The van der Waals surface area contributed by atoms with Crippen LogP contribution in [0.2, 0.25) is 5.02 Å².